The lowest BCUT2D eigenvalue weighted by atomic mass is 9.85. The number of aliphatic imine (C=N–C) groups is 1. The van der Waals surface area contributed by atoms with Gasteiger partial charge in [0, 0.05) is 24.4 Å². The van der Waals surface area contributed by atoms with E-state index in [-0.39, 0.29) is 0 Å². The first-order chi connectivity index (χ1) is 19.8. The van der Waals surface area contributed by atoms with E-state index < -0.39 is 0 Å². The van der Waals surface area contributed by atoms with Crippen LogP contribution in [0.2, 0.25) is 0 Å². The molecule has 0 atom stereocenters. The van der Waals surface area contributed by atoms with E-state index in [1.54, 1.807) is 6.20 Å². The molecular formula is C38H28N2. The normalized spacial score (nSPS) is 12.2. The predicted octanol–water partition coefficient (Wildman–Crippen LogP) is 9.43. The summed E-state index contributed by atoms with van der Waals surface area (Å²) in [6, 6.07) is 47.8. The summed E-state index contributed by atoms with van der Waals surface area (Å²) in [5.74, 6) is 0. The first-order valence-electron chi connectivity index (χ1n) is 13.6. The minimum absolute atomic E-state index is 0.678. The van der Waals surface area contributed by atoms with E-state index in [2.05, 4.69) is 133 Å². The fourth-order valence-electron chi connectivity index (χ4n) is 6.05. The van der Waals surface area contributed by atoms with E-state index in [1.807, 2.05) is 0 Å². The summed E-state index contributed by atoms with van der Waals surface area (Å²) in [5.41, 5.74) is 11.7. The SMILES string of the molecule is N/C=C\N=C(Cc1c2ccccc2c(-c2ccc3ccccc3c2)c2ccccc12)c1cccc2ccccc12. The highest BCUT2D eigenvalue weighted by atomic mass is 14.7. The third-order valence-corrected chi connectivity index (χ3v) is 7.84. The van der Waals surface area contributed by atoms with Crippen molar-refractivity contribution >= 4 is 48.8 Å². The largest absolute Gasteiger partial charge is 0.403 e. The van der Waals surface area contributed by atoms with Crippen molar-refractivity contribution in [3.8, 4) is 11.1 Å². The van der Waals surface area contributed by atoms with Crippen LogP contribution in [0.1, 0.15) is 11.1 Å². The third-order valence-electron chi connectivity index (χ3n) is 7.84. The summed E-state index contributed by atoms with van der Waals surface area (Å²) in [6.07, 6.45) is 3.88. The number of benzene rings is 7. The van der Waals surface area contributed by atoms with Gasteiger partial charge in [0.05, 0.1) is 5.71 Å². The summed E-state index contributed by atoms with van der Waals surface area (Å²) in [4.78, 5) is 4.90. The number of hydrogen-bond acceptors (Lipinski definition) is 2. The minimum atomic E-state index is 0.678. The zero-order valence-electron chi connectivity index (χ0n) is 22.1. The number of fused-ring (bicyclic) bond motifs is 4. The first-order valence-corrected chi connectivity index (χ1v) is 13.6. The van der Waals surface area contributed by atoms with E-state index in [0.717, 1.165) is 11.3 Å². The molecule has 0 aliphatic carbocycles. The second-order valence-electron chi connectivity index (χ2n) is 10.1. The Morgan fingerprint density at radius 2 is 1.12 bits per heavy atom. The fraction of sp³-hybridized carbons (Fsp3) is 0.0263. The zero-order chi connectivity index (χ0) is 26.9. The molecule has 0 aromatic heterocycles. The molecule has 0 bridgehead atoms. The van der Waals surface area contributed by atoms with Gasteiger partial charge in [-0.15, -0.1) is 0 Å². The van der Waals surface area contributed by atoms with E-state index in [0.29, 0.717) is 6.42 Å². The second kappa shape index (κ2) is 10.2. The van der Waals surface area contributed by atoms with Gasteiger partial charge in [-0.05, 0) is 65.8 Å². The van der Waals surface area contributed by atoms with Gasteiger partial charge in [0.25, 0.3) is 0 Å². The highest BCUT2D eigenvalue weighted by Crippen LogP contribution is 2.40. The van der Waals surface area contributed by atoms with Gasteiger partial charge in [0.1, 0.15) is 0 Å². The summed E-state index contributed by atoms with van der Waals surface area (Å²) in [5, 5.41) is 9.87. The average Bonchev–Trinajstić information content (AvgIpc) is 3.02. The maximum absolute atomic E-state index is 5.78. The molecule has 0 fully saturated rings. The standard InChI is InChI=1S/C38H28N2/c39-22-23-40-37(33-19-9-13-27-11-3-4-14-30(27)33)25-36-31-15-5-7-17-34(31)38(35-18-8-6-16-32(35)36)29-21-20-26-10-1-2-12-28(26)24-29/h1-24H,25,39H2/b23-22-,40-37?. The van der Waals surface area contributed by atoms with Gasteiger partial charge in [-0.25, -0.2) is 0 Å². The van der Waals surface area contributed by atoms with Crippen LogP contribution in [0.25, 0.3) is 54.2 Å². The average molecular weight is 513 g/mol. The Hall–Kier alpha value is -5.21. The van der Waals surface area contributed by atoms with Crippen molar-refractivity contribution in [1.29, 1.82) is 0 Å². The molecule has 0 unspecified atom stereocenters. The molecular weight excluding hydrogens is 484 g/mol. The molecule has 0 amide bonds. The summed E-state index contributed by atoms with van der Waals surface area (Å²) in [6.45, 7) is 0. The van der Waals surface area contributed by atoms with Crippen molar-refractivity contribution < 1.29 is 0 Å². The number of nitrogens with zero attached hydrogens (tertiary/aromatic N) is 1. The molecule has 7 aromatic carbocycles. The number of rotatable bonds is 5. The van der Waals surface area contributed by atoms with Crippen LogP contribution in [0.4, 0.5) is 0 Å². The Bertz CT molecular complexity index is 2040. The smallest absolute Gasteiger partial charge is 0.0526 e. The minimum Gasteiger partial charge on any atom is -0.403 e. The molecule has 0 spiro atoms. The van der Waals surface area contributed by atoms with Gasteiger partial charge in [0.15, 0.2) is 0 Å². The van der Waals surface area contributed by atoms with Crippen LogP contribution < -0.4 is 5.73 Å². The van der Waals surface area contributed by atoms with Crippen molar-refractivity contribution in [1.82, 2.24) is 0 Å². The van der Waals surface area contributed by atoms with Crippen LogP contribution in [-0.2, 0) is 6.42 Å². The van der Waals surface area contributed by atoms with E-state index >= 15 is 0 Å². The molecule has 2 nitrogen and oxygen atoms in total. The van der Waals surface area contributed by atoms with E-state index in [1.165, 1.54) is 66.0 Å². The number of nitrogens with two attached hydrogens (primary N) is 1. The summed E-state index contributed by atoms with van der Waals surface area (Å²) in [7, 11) is 0. The molecule has 0 aliphatic rings. The molecule has 0 aliphatic heterocycles. The predicted molar refractivity (Wildman–Crippen MR) is 172 cm³/mol. The molecule has 2 N–H and O–H groups in total. The van der Waals surface area contributed by atoms with Crippen molar-refractivity contribution in [2.75, 3.05) is 0 Å². The van der Waals surface area contributed by atoms with Crippen LogP contribution in [0, 0.1) is 0 Å². The Morgan fingerprint density at radius 3 is 1.82 bits per heavy atom. The summed E-state index contributed by atoms with van der Waals surface area (Å²) >= 11 is 0. The molecule has 0 heterocycles. The lowest BCUT2D eigenvalue weighted by molar-refractivity contribution is 1.34. The zero-order valence-corrected chi connectivity index (χ0v) is 22.1. The van der Waals surface area contributed by atoms with Gasteiger partial charge in [0.2, 0.25) is 0 Å². The molecule has 7 aromatic rings. The van der Waals surface area contributed by atoms with Crippen LogP contribution in [0.5, 0.6) is 0 Å². The fourth-order valence-corrected chi connectivity index (χ4v) is 6.05. The maximum atomic E-state index is 5.78. The molecule has 40 heavy (non-hydrogen) atoms. The molecule has 2 heteroatoms. The lowest BCUT2D eigenvalue weighted by Crippen LogP contribution is -2.08. The molecule has 0 saturated carbocycles. The van der Waals surface area contributed by atoms with Crippen LogP contribution in [0.15, 0.2) is 151 Å². The second-order valence-corrected chi connectivity index (χ2v) is 10.1. The van der Waals surface area contributed by atoms with Gasteiger partial charge in [-0.2, -0.15) is 0 Å². The van der Waals surface area contributed by atoms with Crippen LogP contribution >= 0.6 is 0 Å². The van der Waals surface area contributed by atoms with Crippen LogP contribution in [-0.4, -0.2) is 5.71 Å². The quantitative estimate of drug-likeness (QED) is 0.181. The Balaban J connectivity index is 1.50. The number of hydrogen-bond donors (Lipinski definition) is 1. The third kappa shape index (κ3) is 4.11. The van der Waals surface area contributed by atoms with Gasteiger partial charge < -0.3 is 5.73 Å². The lowest BCUT2D eigenvalue weighted by Gasteiger charge is -2.19. The van der Waals surface area contributed by atoms with Crippen molar-refractivity contribution in [2.45, 2.75) is 6.42 Å². The van der Waals surface area contributed by atoms with Gasteiger partial charge >= 0.3 is 0 Å². The van der Waals surface area contributed by atoms with Crippen molar-refractivity contribution in [3.05, 3.63) is 157 Å². The highest BCUT2D eigenvalue weighted by molar-refractivity contribution is 6.19. The van der Waals surface area contributed by atoms with E-state index in [4.69, 9.17) is 10.7 Å². The van der Waals surface area contributed by atoms with Crippen LogP contribution in [0.3, 0.4) is 0 Å². The molecule has 0 radical (unpaired) electrons. The van der Waals surface area contributed by atoms with Gasteiger partial charge in [-0.3, -0.25) is 4.99 Å². The Labute approximate surface area is 233 Å². The Morgan fingerprint density at radius 1 is 0.550 bits per heavy atom. The maximum Gasteiger partial charge on any atom is 0.0526 e. The first kappa shape index (κ1) is 23.9. The van der Waals surface area contributed by atoms with Crippen molar-refractivity contribution in [3.63, 3.8) is 0 Å². The topological polar surface area (TPSA) is 38.4 Å². The molecule has 0 saturated heterocycles. The Kier molecular flexibility index (Phi) is 6.07. The van der Waals surface area contributed by atoms with Gasteiger partial charge in [-0.1, -0.05) is 127 Å². The molecule has 7 rings (SSSR count). The summed E-state index contributed by atoms with van der Waals surface area (Å²) < 4.78 is 0. The van der Waals surface area contributed by atoms with E-state index in [9.17, 15) is 0 Å². The van der Waals surface area contributed by atoms with Crippen molar-refractivity contribution in [2.24, 2.45) is 10.7 Å². The highest BCUT2D eigenvalue weighted by Gasteiger charge is 2.18. The monoisotopic (exact) mass is 512 g/mol. The molecule has 190 valence electrons.